The zero-order valence-electron chi connectivity index (χ0n) is 18.7. The molecule has 5 rings (SSSR count). The van der Waals surface area contributed by atoms with Crippen LogP contribution in [0.1, 0.15) is 28.5 Å². The fourth-order valence-electron chi connectivity index (χ4n) is 4.55. The SMILES string of the molecule is COc1ccc(-c2cc(C(=O)N3CCOCC3)c3c(C)nn(C4CCS(=O)(=O)C4)c3n2)cc1. The molecule has 0 radical (unpaired) electrons. The number of carbonyl (C=O) groups excluding carboxylic acids is 1. The summed E-state index contributed by atoms with van der Waals surface area (Å²) in [7, 11) is -1.50. The van der Waals surface area contributed by atoms with Gasteiger partial charge in [0, 0.05) is 18.7 Å². The average molecular weight is 471 g/mol. The number of aryl methyl sites for hydroxylation is 1. The average Bonchev–Trinajstić information content (AvgIpc) is 3.37. The van der Waals surface area contributed by atoms with Gasteiger partial charge in [-0.1, -0.05) is 0 Å². The summed E-state index contributed by atoms with van der Waals surface area (Å²) >= 11 is 0. The number of amides is 1. The number of hydrogen-bond donors (Lipinski definition) is 0. The summed E-state index contributed by atoms with van der Waals surface area (Å²) in [5, 5.41) is 5.34. The molecule has 9 nitrogen and oxygen atoms in total. The molecule has 1 unspecified atom stereocenters. The van der Waals surface area contributed by atoms with E-state index < -0.39 is 9.84 Å². The summed E-state index contributed by atoms with van der Waals surface area (Å²) in [4.78, 5) is 20.2. The lowest BCUT2D eigenvalue weighted by atomic mass is 10.0. The fourth-order valence-corrected chi connectivity index (χ4v) is 6.24. The number of pyridine rings is 1. The van der Waals surface area contributed by atoms with E-state index in [2.05, 4.69) is 5.10 Å². The molecule has 0 aliphatic carbocycles. The number of nitrogens with zero attached hydrogens (tertiary/aromatic N) is 4. The molecule has 174 valence electrons. The highest BCUT2D eigenvalue weighted by Crippen LogP contribution is 2.33. The summed E-state index contributed by atoms with van der Waals surface area (Å²) in [6.45, 7) is 3.89. The molecule has 2 aliphatic heterocycles. The first kappa shape index (κ1) is 21.8. The van der Waals surface area contributed by atoms with Gasteiger partial charge >= 0.3 is 0 Å². The number of ether oxygens (including phenoxy) is 2. The zero-order chi connectivity index (χ0) is 23.2. The van der Waals surface area contributed by atoms with Crippen LogP contribution < -0.4 is 4.74 Å². The zero-order valence-corrected chi connectivity index (χ0v) is 19.5. The predicted octanol–water partition coefficient (Wildman–Crippen LogP) is 2.25. The molecule has 0 N–H and O–H groups in total. The van der Waals surface area contributed by atoms with E-state index >= 15 is 0 Å². The lowest BCUT2D eigenvalue weighted by Gasteiger charge is -2.27. The molecule has 33 heavy (non-hydrogen) atoms. The number of carbonyl (C=O) groups is 1. The number of sulfone groups is 1. The molecule has 4 heterocycles. The summed E-state index contributed by atoms with van der Waals surface area (Å²) in [5.74, 6) is 0.795. The highest BCUT2D eigenvalue weighted by Gasteiger charge is 2.33. The molecule has 1 atom stereocenters. The second-order valence-corrected chi connectivity index (χ2v) is 10.7. The molecule has 2 aliphatic rings. The maximum atomic E-state index is 13.6. The van der Waals surface area contributed by atoms with E-state index in [4.69, 9.17) is 14.5 Å². The van der Waals surface area contributed by atoms with Gasteiger partial charge in [-0.15, -0.1) is 0 Å². The molecular weight excluding hydrogens is 444 g/mol. The van der Waals surface area contributed by atoms with Crippen LogP contribution in [0, 0.1) is 6.92 Å². The van der Waals surface area contributed by atoms with Gasteiger partial charge in [0.1, 0.15) is 5.75 Å². The van der Waals surface area contributed by atoms with Crippen molar-refractivity contribution < 1.29 is 22.7 Å². The van der Waals surface area contributed by atoms with Gasteiger partial charge in [0.05, 0.1) is 60.2 Å². The van der Waals surface area contributed by atoms with Crippen molar-refractivity contribution in [3.8, 4) is 17.0 Å². The molecule has 1 amide bonds. The molecule has 2 fully saturated rings. The number of hydrogen-bond acceptors (Lipinski definition) is 7. The fraction of sp³-hybridized carbons (Fsp3) is 0.435. The van der Waals surface area contributed by atoms with Crippen molar-refractivity contribution in [1.29, 1.82) is 0 Å². The molecule has 0 spiro atoms. The molecule has 0 saturated carbocycles. The topological polar surface area (TPSA) is 104 Å². The Hall–Kier alpha value is -2.98. The number of fused-ring (bicyclic) bond motifs is 1. The predicted molar refractivity (Wildman–Crippen MR) is 123 cm³/mol. The minimum absolute atomic E-state index is 0.0321. The van der Waals surface area contributed by atoms with E-state index in [0.29, 0.717) is 60.7 Å². The lowest BCUT2D eigenvalue weighted by Crippen LogP contribution is -2.40. The molecule has 1 aromatic carbocycles. The van der Waals surface area contributed by atoms with Crippen molar-refractivity contribution in [1.82, 2.24) is 19.7 Å². The Morgan fingerprint density at radius 3 is 2.55 bits per heavy atom. The van der Waals surface area contributed by atoms with Crippen molar-refractivity contribution in [2.45, 2.75) is 19.4 Å². The summed E-state index contributed by atoms with van der Waals surface area (Å²) in [6.07, 6.45) is 0.486. The molecule has 10 heteroatoms. The molecule has 2 saturated heterocycles. The van der Waals surface area contributed by atoms with E-state index in [1.165, 1.54) is 0 Å². The Labute approximate surface area is 192 Å². The van der Waals surface area contributed by atoms with Gasteiger partial charge in [0.2, 0.25) is 0 Å². The quantitative estimate of drug-likeness (QED) is 0.576. The lowest BCUT2D eigenvalue weighted by molar-refractivity contribution is 0.0304. The van der Waals surface area contributed by atoms with Crippen LogP contribution in [0.3, 0.4) is 0 Å². The van der Waals surface area contributed by atoms with Crippen molar-refractivity contribution in [3.05, 3.63) is 41.6 Å². The Kier molecular flexibility index (Phi) is 5.57. The van der Waals surface area contributed by atoms with Gasteiger partial charge in [0.25, 0.3) is 5.91 Å². The number of aromatic nitrogens is 3. The van der Waals surface area contributed by atoms with Crippen molar-refractivity contribution in [3.63, 3.8) is 0 Å². The Bertz CT molecular complexity index is 1310. The van der Waals surface area contributed by atoms with Crippen LogP contribution in [-0.4, -0.2) is 78.9 Å². The third-order valence-corrected chi connectivity index (χ3v) is 8.06. The number of rotatable bonds is 4. The first-order chi connectivity index (χ1) is 15.9. The third kappa shape index (κ3) is 4.08. The van der Waals surface area contributed by atoms with Gasteiger partial charge < -0.3 is 14.4 Å². The Morgan fingerprint density at radius 1 is 1.18 bits per heavy atom. The molecule has 2 aromatic heterocycles. The minimum Gasteiger partial charge on any atom is -0.497 e. The first-order valence-electron chi connectivity index (χ1n) is 11.0. The van der Waals surface area contributed by atoms with E-state index in [0.717, 1.165) is 11.3 Å². The second-order valence-electron chi connectivity index (χ2n) is 8.47. The van der Waals surface area contributed by atoms with E-state index in [1.807, 2.05) is 37.3 Å². The molecular formula is C23H26N4O5S. The second kappa shape index (κ2) is 8.42. The maximum Gasteiger partial charge on any atom is 0.254 e. The monoisotopic (exact) mass is 470 g/mol. The van der Waals surface area contributed by atoms with Gasteiger partial charge in [-0.2, -0.15) is 5.10 Å². The van der Waals surface area contributed by atoms with Crippen LogP contribution in [0.4, 0.5) is 0 Å². The van der Waals surface area contributed by atoms with Crippen molar-refractivity contribution >= 4 is 26.8 Å². The van der Waals surface area contributed by atoms with Gasteiger partial charge in [0.15, 0.2) is 15.5 Å². The standard InChI is InChI=1S/C23H26N4O5S/c1-15-21-19(23(28)26-8-10-32-11-9-26)13-20(16-3-5-18(31-2)6-4-16)24-22(21)27(25-15)17-7-12-33(29,30)14-17/h3-6,13,17H,7-12,14H2,1-2H3. The van der Waals surface area contributed by atoms with Crippen LogP contribution in [0.5, 0.6) is 5.75 Å². The summed E-state index contributed by atoms with van der Waals surface area (Å²) < 4.78 is 36.7. The van der Waals surface area contributed by atoms with Crippen LogP contribution in [-0.2, 0) is 14.6 Å². The number of benzene rings is 1. The smallest absolute Gasteiger partial charge is 0.254 e. The van der Waals surface area contributed by atoms with Crippen molar-refractivity contribution in [2.75, 3.05) is 44.9 Å². The summed E-state index contributed by atoms with van der Waals surface area (Å²) in [5.41, 5.74) is 3.19. The van der Waals surface area contributed by atoms with Gasteiger partial charge in [-0.05, 0) is 43.7 Å². The molecule has 0 bridgehead atoms. The van der Waals surface area contributed by atoms with Gasteiger partial charge in [-0.3, -0.25) is 4.79 Å². The highest BCUT2D eigenvalue weighted by atomic mass is 32.2. The number of morpholine rings is 1. The van der Waals surface area contributed by atoms with Crippen LogP contribution in [0.2, 0.25) is 0 Å². The largest absolute Gasteiger partial charge is 0.497 e. The Morgan fingerprint density at radius 2 is 1.91 bits per heavy atom. The van der Waals surface area contributed by atoms with Crippen LogP contribution in [0.25, 0.3) is 22.3 Å². The minimum atomic E-state index is -3.11. The number of methoxy groups -OCH3 is 1. The summed E-state index contributed by atoms with van der Waals surface area (Å²) in [6, 6.07) is 8.99. The van der Waals surface area contributed by atoms with Crippen LogP contribution in [0.15, 0.2) is 30.3 Å². The van der Waals surface area contributed by atoms with Gasteiger partial charge in [-0.25, -0.2) is 18.1 Å². The van der Waals surface area contributed by atoms with E-state index in [-0.39, 0.29) is 23.5 Å². The highest BCUT2D eigenvalue weighted by molar-refractivity contribution is 7.91. The van der Waals surface area contributed by atoms with Crippen molar-refractivity contribution in [2.24, 2.45) is 0 Å². The first-order valence-corrected chi connectivity index (χ1v) is 12.8. The van der Waals surface area contributed by atoms with E-state index in [9.17, 15) is 13.2 Å². The molecule has 3 aromatic rings. The maximum absolute atomic E-state index is 13.6. The van der Waals surface area contributed by atoms with Crippen LogP contribution >= 0.6 is 0 Å². The third-order valence-electron chi connectivity index (χ3n) is 6.31. The van der Waals surface area contributed by atoms with E-state index in [1.54, 1.807) is 16.7 Å². The Balaban J connectivity index is 1.68. The normalized spacial score (nSPS) is 20.3.